The summed E-state index contributed by atoms with van der Waals surface area (Å²) < 4.78 is 0. The lowest BCUT2D eigenvalue weighted by Gasteiger charge is -2.37. The number of benzene rings is 1. The minimum absolute atomic E-state index is 0.110. The molecule has 0 bridgehead atoms. The summed E-state index contributed by atoms with van der Waals surface area (Å²) in [5.41, 5.74) is 8.15. The van der Waals surface area contributed by atoms with Gasteiger partial charge in [0.2, 0.25) is 5.95 Å². The smallest absolute Gasteiger partial charge is 0.255 e. The molecule has 1 atom stereocenters. The topological polar surface area (TPSA) is 114 Å². The standard InChI is InChI=1S/C21H21N5O2/c22-21-24-12-16(18(26-21)13-6-2-1-3-7-13)20(28)25-19(14-10-15(27)11-14)17-8-4-5-9-23-17/h1-9,12,14-15,19,27H,10-11H2,(H,25,28)(H2,22,24,26). The predicted octanol–water partition coefficient (Wildman–Crippen LogP) is 2.36. The fourth-order valence-corrected chi connectivity index (χ4v) is 3.49. The largest absolute Gasteiger partial charge is 0.393 e. The highest BCUT2D eigenvalue weighted by Gasteiger charge is 2.36. The molecule has 7 heteroatoms. The molecule has 1 aliphatic rings. The average molecular weight is 375 g/mol. The Kier molecular flexibility index (Phi) is 4.99. The van der Waals surface area contributed by atoms with E-state index < -0.39 is 0 Å². The van der Waals surface area contributed by atoms with Crippen LogP contribution in [-0.4, -0.2) is 32.1 Å². The van der Waals surface area contributed by atoms with Crippen LogP contribution in [0.4, 0.5) is 5.95 Å². The molecule has 1 aromatic carbocycles. The van der Waals surface area contributed by atoms with Crippen molar-refractivity contribution in [3.63, 3.8) is 0 Å². The second-order valence-corrected chi connectivity index (χ2v) is 6.95. The van der Waals surface area contributed by atoms with Crippen molar-refractivity contribution < 1.29 is 9.90 Å². The molecule has 1 fully saturated rings. The molecule has 1 saturated carbocycles. The third-order valence-electron chi connectivity index (χ3n) is 5.01. The van der Waals surface area contributed by atoms with Crippen LogP contribution in [0, 0.1) is 5.92 Å². The van der Waals surface area contributed by atoms with Crippen LogP contribution in [0.1, 0.15) is 34.9 Å². The van der Waals surface area contributed by atoms with E-state index in [1.807, 2.05) is 48.5 Å². The first-order valence-electron chi connectivity index (χ1n) is 9.19. The van der Waals surface area contributed by atoms with Gasteiger partial charge in [-0.15, -0.1) is 0 Å². The number of carbonyl (C=O) groups excluding carboxylic acids is 1. The zero-order chi connectivity index (χ0) is 19.5. The Labute approximate surface area is 162 Å². The zero-order valence-corrected chi connectivity index (χ0v) is 15.2. The first-order chi connectivity index (χ1) is 13.6. The van der Waals surface area contributed by atoms with Crippen LogP contribution in [0.3, 0.4) is 0 Å². The number of nitrogens with two attached hydrogens (primary N) is 1. The van der Waals surface area contributed by atoms with E-state index in [1.54, 1.807) is 6.20 Å². The highest BCUT2D eigenvalue weighted by molar-refractivity contribution is 6.00. The number of nitrogen functional groups attached to an aromatic ring is 1. The number of nitrogens with zero attached hydrogens (tertiary/aromatic N) is 3. The van der Waals surface area contributed by atoms with Crippen molar-refractivity contribution >= 4 is 11.9 Å². The molecule has 4 N–H and O–H groups in total. The second-order valence-electron chi connectivity index (χ2n) is 6.95. The highest BCUT2D eigenvalue weighted by atomic mass is 16.3. The lowest BCUT2D eigenvalue weighted by Crippen LogP contribution is -2.42. The summed E-state index contributed by atoms with van der Waals surface area (Å²) in [6, 6.07) is 14.7. The molecule has 4 rings (SSSR count). The second kappa shape index (κ2) is 7.74. The number of aliphatic hydroxyl groups excluding tert-OH is 1. The van der Waals surface area contributed by atoms with Crippen molar-refractivity contribution in [1.29, 1.82) is 0 Å². The van der Waals surface area contributed by atoms with Gasteiger partial charge in [0.15, 0.2) is 0 Å². The van der Waals surface area contributed by atoms with Gasteiger partial charge in [0.1, 0.15) is 0 Å². The van der Waals surface area contributed by atoms with E-state index in [0.29, 0.717) is 24.1 Å². The van der Waals surface area contributed by atoms with Crippen molar-refractivity contribution in [2.75, 3.05) is 5.73 Å². The van der Waals surface area contributed by atoms with E-state index in [0.717, 1.165) is 11.3 Å². The summed E-state index contributed by atoms with van der Waals surface area (Å²) in [5, 5.41) is 12.8. The normalized spacial score (nSPS) is 19.5. The van der Waals surface area contributed by atoms with Crippen LogP contribution in [0.25, 0.3) is 11.3 Å². The lowest BCUT2D eigenvalue weighted by molar-refractivity contribution is 0.0228. The van der Waals surface area contributed by atoms with Crippen molar-refractivity contribution in [3.8, 4) is 11.3 Å². The van der Waals surface area contributed by atoms with Gasteiger partial charge in [-0.25, -0.2) is 9.97 Å². The van der Waals surface area contributed by atoms with E-state index in [9.17, 15) is 9.90 Å². The van der Waals surface area contributed by atoms with Crippen LogP contribution in [0.2, 0.25) is 0 Å². The number of amides is 1. The lowest BCUT2D eigenvalue weighted by atomic mass is 9.76. The summed E-state index contributed by atoms with van der Waals surface area (Å²) in [6.07, 6.45) is 4.08. The van der Waals surface area contributed by atoms with Crippen LogP contribution >= 0.6 is 0 Å². The Bertz CT molecular complexity index is 959. The molecule has 2 aromatic heterocycles. The van der Waals surface area contributed by atoms with Gasteiger partial charge in [0, 0.05) is 18.0 Å². The Morgan fingerprint density at radius 1 is 1.11 bits per heavy atom. The molecule has 0 saturated heterocycles. The van der Waals surface area contributed by atoms with Gasteiger partial charge in [-0.3, -0.25) is 9.78 Å². The van der Waals surface area contributed by atoms with Crippen LogP contribution in [0.15, 0.2) is 60.9 Å². The molecule has 1 amide bonds. The minimum Gasteiger partial charge on any atom is -0.393 e. The molecule has 142 valence electrons. The predicted molar refractivity (Wildman–Crippen MR) is 105 cm³/mol. The Balaban J connectivity index is 1.65. The first-order valence-corrected chi connectivity index (χ1v) is 9.19. The van der Waals surface area contributed by atoms with E-state index in [1.165, 1.54) is 6.20 Å². The van der Waals surface area contributed by atoms with E-state index in [4.69, 9.17) is 5.73 Å². The number of aromatic nitrogens is 3. The third kappa shape index (κ3) is 3.70. The van der Waals surface area contributed by atoms with Gasteiger partial charge >= 0.3 is 0 Å². The van der Waals surface area contributed by atoms with Crippen LogP contribution in [-0.2, 0) is 0 Å². The molecule has 0 spiro atoms. The Morgan fingerprint density at radius 3 is 2.54 bits per heavy atom. The van der Waals surface area contributed by atoms with Gasteiger partial charge in [-0.1, -0.05) is 36.4 Å². The number of pyridine rings is 1. The van der Waals surface area contributed by atoms with Gasteiger partial charge in [0.25, 0.3) is 5.91 Å². The number of hydrogen-bond donors (Lipinski definition) is 3. The summed E-state index contributed by atoms with van der Waals surface area (Å²) in [5.74, 6) is -0.0570. The van der Waals surface area contributed by atoms with Gasteiger partial charge in [-0.05, 0) is 30.9 Å². The third-order valence-corrected chi connectivity index (χ3v) is 5.01. The average Bonchev–Trinajstić information content (AvgIpc) is 2.71. The minimum atomic E-state index is -0.326. The van der Waals surface area contributed by atoms with Gasteiger partial charge < -0.3 is 16.2 Å². The monoisotopic (exact) mass is 375 g/mol. The SMILES string of the molecule is Nc1ncc(C(=O)NC(c2ccccn2)C2CC(O)C2)c(-c2ccccc2)n1. The first kappa shape index (κ1) is 18.1. The molecule has 3 aromatic rings. The fraction of sp³-hybridized carbons (Fsp3) is 0.238. The van der Waals surface area contributed by atoms with E-state index >= 15 is 0 Å². The maximum absolute atomic E-state index is 13.1. The number of carbonyl (C=O) groups is 1. The van der Waals surface area contributed by atoms with Crippen LogP contribution < -0.4 is 11.1 Å². The van der Waals surface area contributed by atoms with E-state index in [-0.39, 0.29) is 29.9 Å². The summed E-state index contributed by atoms with van der Waals surface area (Å²) >= 11 is 0. The number of aliphatic hydroxyl groups is 1. The molecule has 0 aliphatic heterocycles. The van der Waals surface area contributed by atoms with Crippen molar-refractivity contribution in [2.45, 2.75) is 25.0 Å². The van der Waals surface area contributed by atoms with Crippen molar-refractivity contribution in [1.82, 2.24) is 20.3 Å². The Hall–Kier alpha value is -3.32. The maximum atomic E-state index is 13.1. The maximum Gasteiger partial charge on any atom is 0.255 e. The van der Waals surface area contributed by atoms with E-state index in [2.05, 4.69) is 20.3 Å². The molecular weight excluding hydrogens is 354 g/mol. The van der Waals surface area contributed by atoms with Gasteiger partial charge in [-0.2, -0.15) is 0 Å². The number of nitrogens with one attached hydrogen (secondary N) is 1. The quantitative estimate of drug-likeness (QED) is 0.631. The molecule has 1 unspecified atom stereocenters. The molecule has 1 aliphatic carbocycles. The fourth-order valence-electron chi connectivity index (χ4n) is 3.49. The summed E-state index contributed by atoms with van der Waals surface area (Å²) in [6.45, 7) is 0. The number of rotatable bonds is 5. The molecule has 0 radical (unpaired) electrons. The number of anilines is 1. The summed E-state index contributed by atoms with van der Waals surface area (Å²) in [4.78, 5) is 25.8. The van der Waals surface area contributed by atoms with Crippen LogP contribution in [0.5, 0.6) is 0 Å². The molecule has 7 nitrogen and oxygen atoms in total. The zero-order valence-electron chi connectivity index (χ0n) is 15.2. The van der Waals surface area contributed by atoms with Gasteiger partial charge in [0.05, 0.1) is 29.1 Å². The number of hydrogen-bond acceptors (Lipinski definition) is 6. The van der Waals surface area contributed by atoms with Crippen molar-refractivity contribution in [2.24, 2.45) is 5.92 Å². The Morgan fingerprint density at radius 2 is 1.86 bits per heavy atom. The molecule has 2 heterocycles. The highest BCUT2D eigenvalue weighted by Crippen LogP contribution is 2.37. The summed E-state index contributed by atoms with van der Waals surface area (Å²) in [7, 11) is 0. The molecule has 28 heavy (non-hydrogen) atoms. The molecular formula is C21H21N5O2. The van der Waals surface area contributed by atoms with Crippen molar-refractivity contribution in [3.05, 3.63) is 72.2 Å².